The Labute approximate surface area is 91.6 Å². The fourth-order valence-corrected chi connectivity index (χ4v) is 2.27. The molecule has 2 rings (SSSR count). The molecular weight excluding hydrogens is 186 g/mol. The highest BCUT2D eigenvalue weighted by atomic mass is 16.5. The van der Waals surface area contributed by atoms with Crippen molar-refractivity contribution in [2.45, 2.75) is 38.8 Å². The average molecular weight is 205 g/mol. The summed E-state index contributed by atoms with van der Waals surface area (Å²) in [5.74, 6) is 1.07. The summed E-state index contributed by atoms with van der Waals surface area (Å²) in [6.45, 7) is 4.32. The summed E-state index contributed by atoms with van der Waals surface area (Å²) in [5.41, 5.74) is 2.73. The second-order valence-electron chi connectivity index (χ2n) is 4.25. The van der Waals surface area contributed by atoms with E-state index in [1.54, 1.807) is 0 Å². The van der Waals surface area contributed by atoms with Crippen molar-refractivity contribution in [2.75, 3.05) is 7.05 Å². The van der Waals surface area contributed by atoms with E-state index < -0.39 is 0 Å². The van der Waals surface area contributed by atoms with Crippen LogP contribution in [0.5, 0.6) is 5.75 Å². The van der Waals surface area contributed by atoms with Crippen LogP contribution in [0.2, 0.25) is 0 Å². The maximum absolute atomic E-state index is 5.69. The molecule has 2 nitrogen and oxygen atoms in total. The van der Waals surface area contributed by atoms with E-state index in [9.17, 15) is 0 Å². The monoisotopic (exact) mass is 205 g/mol. The Bertz CT molecular complexity index is 344. The minimum atomic E-state index is 0.338. The quantitative estimate of drug-likeness (QED) is 0.819. The number of nitrogens with one attached hydrogen (secondary N) is 1. The summed E-state index contributed by atoms with van der Waals surface area (Å²) in [4.78, 5) is 0. The molecule has 1 N–H and O–H groups in total. The van der Waals surface area contributed by atoms with Crippen LogP contribution in [0.25, 0.3) is 0 Å². The molecule has 0 aromatic heterocycles. The molecular formula is C13H19NO. The summed E-state index contributed by atoms with van der Waals surface area (Å²) >= 11 is 0. The van der Waals surface area contributed by atoms with Crippen LogP contribution in [0.4, 0.5) is 0 Å². The minimum Gasteiger partial charge on any atom is -0.490 e. The van der Waals surface area contributed by atoms with Gasteiger partial charge in [-0.1, -0.05) is 19.1 Å². The second-order valence-corrected chi connectivity index (χ2v) is 4.25. The van der Waals surface area contributed by atoms with Gasteiger partial charge in [0.2, 0.25) is 0 Å². The topological polar surface area (TPSA) is 21.3 Å². The van der Waals surface area contributed by atoms with Crippen molar-refractivity contribution in [3.63, 3.8) is 0 Å². The molecule has 1 aliphatic rings. The number of ether oxygens (including phenoxy) is 1. The predicted octanol–water partition coefficient (Wildman–Crippen LogP) is 2.68. The van der Waals surface area contributed by atoms with Gasteiger partial charge >= 0.3 is 0 Å². The van der Waals surface area contributed by atoms with E-state index in [1.165, 1.54) is 11.1 Å². The van der Waals surface area contributed by atoms with Crippen molar-refractivity contribution in [1.82, 2.24) is 5.32 Å². The Morgan fingerprint density at radius 3 is 3.00 bits per heavy atom. The first-order valence-electron chi connectivity index (χ1n) is 5.71. The number of hydrogen-bond acceptors (Lipinski definition) is 2. The highest BCUT2D eigenvalue weighted by Gasteiger charge is 2.20. The zero-order chi connectivity index (χ0) is 10.8. The van der Waals surface area contributed by atoms with Crippen molar-refractivity contribution < 1.29 is 4.74 Å². The molecule has 0 fully saturated rings. The Morgan fingerprint density at radius 1 is 1.53 bits per heavy atom. The molecule has 0 aliphatic carbocycles. The lowest BCUT2D eigenvalue weighted by Gasteiger charge is -2.14. The molecule has 15 heavy (non-hydrogen) atoms. The van der Waals surface area contributed by atoms with Crippen LogP contribution < -0.4 is 10.1 Å². The Kier molecular flexibility index (Phi) is 2.96. The lowest BCUT2D eigenvalue weighted by molar-refractivity contribution is 0.254. The number of benzene rings is 1. The normalized spacial score (nSPS) is 20.9. The smallest absolute Gasteiger partial charge is 0.123 e. The molecule has 0 saturated carbocycles. The van der Waals surface area contributed by atoms with Crippen molar-refractivity contribution in [3.8, 4) is 5.75 Å². The maximum Gasteiger partial charge on any atom is 0.123 e. The number of fused-ring (bicyclic) bond motifs is 1. The average Bonchev–Trinajstić information content (AvgIpc) is 2.59. The molecule has 0 spiro atoms. The Balaban J connectivity index is 2.26. The Morgan fingerprint density at radius 2 is 2.33 bits per heavy atom. The Hall–Kier alpha value is -1.02. The number of rotatable bonds is 3. The molecule has 0 radical (unpaired) electrons. The highest BCUT2D eigenvalue weighted by Crippen LogP contribution is 2.31. The summed E-state index contributed by atoms with van der Waals surface area (Å²) in [7, 11) is 2.01. The fourth-order valence-electron chi connectivity index (χ4n) is 2.27. The molecule has 1 aliphatic heterocycles. The van der Waals surface area contributed by atoms with Crippen molar-refractivity contribution in [3.05, 3.63) is 29.3 Å². The van der Waals surface area contributed by atoms with Gasteiger partial charge in [-0.3, -0.25) is 0 Å². The van der Waals surface area contributed by atoms with E-state index in [0.29, 0.717) is 12.1 Å². The lowest BCUT2D eigenvalue weighted by Crippen LogP contribution is -2.15. The van der Waals surface area contributed by atoms with E-state index in [0.717, 1.165) is 18.6 Å². The van der Waals surface area contributed by atoms with Gasteiger partial charge in [0.15, 0.2) is 0 Å². The van der Waals surface area contributed by atoms with Gasteiger partial charge in [0.25, 0.3) is 0 Å². The van der Waals surface area contributed by atoms with Crippen LogP contribution in [0.15, 0.2) is 18.2 Å². The molecule has 0 saturated heterocycles. The van der Waals surface area contributed by atoms with Crippen LogP contribution in [0.3, 0.4) is 0 Å². The van der Waals surface area contributed by atoms with Gasteiger partial charge in [-0.25, -0.2) is 0 Å². The summed E-state index contributed by atoms with van der Waals surface area (Å²) in [5, 5.41) is 3.33. The molecule has 0 bridgehead atoms. The van der Waals surface area contributed by atoms with Crippen molar-refractivity contribution >= 4 is 0 Å². The summed E-state index contributed by atoms with van der Waals surface area (Å²) in [6, 6.07) is 7.02. The molecule has 1 heterocycles. The molecule has 1 aromatic rings. The summed E-state index contributed by atoms with van der Waals surface area (Å²) in [6.07, 6.45) is 2.50. The largest absolute Gasteiger partial charge is 0.490 e. The minimum absolute atomic E-state index is 0.338. The van der Waals surface area contributed by atoms with Crippen molar-refractivity contribution in [1.29, 1.82) is 0 Å². The SMILES string of the molecule is CCC(NC)c1ccc2c(c1)CC(C)O2. The predicted molar refractivity (Wildman–Crippen MR) is 62.3 cm³/mol. The van der Waals surface area contributed by atoms with Crippen LogP contribution >= 0.6 is 0 Å². The van der Waals surface area contributed by atoms with Gasteiger partial charge in [-0.2, -0.15) is 0 Å². The van der Waals surface area contributed by atoms with Gasteiger partial charge in [0, 0.05) is 12.5 Å². The molecule has 2 atom stereocenters. The molecule has 0 amide bonds. The molecule has 2 unspecified atom stereocenters. The maximum atomic E-state index is 5.69. The molecule has 2 heteroatoms. The highest BCUT2D eigenvalue weighted by molar-refractivity contribution is 5.41. The fraction of sp³-hybridized carbons (Fsp3) is 0.538. The molecule has 1 aromatic carbocycles. The van der Waals surface area contributed by atoms with E-state index in [2.05, 4.69) is 37.4 Å². The number of hydrogen-bond donors (Lipinski definition) is 1. The van der Waals surface area contributed by atoms with Crippen LogP contribution in [0.1, 0.15) is 37.4 Å². The van der Waals surface area contributed by atoms with Gasteiger partial charge in [-0.05, 0) is 37.6 Å². The van der Waals surface area contributed by atoms with E-state index in [-0.39, 0.29) is 0 Å². The first-order chi connectivity index (χ1) is 7.24. The van der Waals surface area contributed by atoms with Gasteiger partial charge in [-0.15, -0.1) is 0 Å². The van der Waals surface area contributed by atoms with Crippen molar-refractivity contribution in [2.24, 2.45) is 0 Å². The van der Waals surface area contributed by atoms with Crippen LogP contribution in [0, 0.1) is 0 Å². The van der Waals surface area contributed by atoms with Crippen LogP contribution in [-0.4, -0.2) is 13.2 Å². The second kappa shape index (κ2) is 4.23. The lowest BCUT2D eigenvalue weighted by atomic mass is 10.0. The van der Waals surface area contributed by atoms with E-state index in [1.807, 2.05) is 7.05 Å². The first-order valence-corrected chi connectivity index (χ1v) is 5.71. The standard InChI is InChI=1S/C13H19NO/c1-4-12(14-3)10-5-6-13-11(8-10)7-9(2)15-13/h5-6,8-9,12,14H,4,7H2,1-3H3. The third-order valence-corrected chi connectivity index (χ3v) is 3.08. The van der Waals surface area contributed by atoms with Gasteiger partial charge in [0.05, 0.1) is 0 Å². The third kappa shape index (κ3) is 2.00. The van der Waals surface area contributed by atoms with Gasteiger partial charge in [0.1, 0.15) is 11.9 Å². The summed E-state index contributed by atoms with van der Waals surface area (Å²) < 4.78 is 5.69. The van der Waals surface area contributed by atoms with E-state index >= 15 is 0 Å². The van der Waals surface area contributed by atoms with Gasteiger partial charge < -0.3 is 10.1 Å². The van der Waals surface area contributed by atoms with E-state index in [4.69, 9.17) is 4.74 Å². The zero-order valence-corrected chi connectivity index (χ0v) is 9.71. The third-order valence-electron chi connectivity index (χ3n) is 3.08. The zero-order valence-electron chi connectivity index (χ0n) is 9.71. The van der Waals surface area contributed by atoms with Crippen LogP contribution in [-0.2, 0) is 6.42 Å². The molecule has 82 valence electrons. The first kappa shape index (κ1) is 10.5.